The van der Waals surface area contributed by atoms with E-state index in [2.05, 4.69) is 36.4 Å². The van der Waals surface area contributed by atoms with Gasteiger partial charge in [0.25, 0.3) is 0 Å². The first kappa shape index (κ1) is 15.5. The molecular formula is C15H25N3O. The van der Waals surface area contributed by atoms with Crippen molar-refractivity contribution in [2.75, 3.05) is 17.2 Å². The van der Waals surface area contributed by atoms with E-state index in [1.165, 1.54) is 0 Å². The van der Waals surface area contributed by atoms with Crippen molar-refractivity contribution in [2.24, 2.45) is 10.8 Å². The second-order valence-corrected chi connectivity index (χ2v) is 7.03. The maximum absolute atomic E-state index is 11.9. The van der Waals surface area contributed by atoms with E-state index >= 15 is 0 Å². The molecule has 1 rings (SSSR count). The summed E-state index contributed by atoms with van der Waals surface area (Å²) in [7, 11) is 0. The molecule has 2 N–H and O–H groups in total. The normalized spacial score (nSPS) is 12.1. The first-order valence-corrected chi connectivity index (χ1v) is 6.60. The molecule has 0 fully saturated rings. The van der Waals surface area contributed by atoms with Crippen LogP contribution in [0.5, 0.6) is 0 Å². The zero-order chi connectivity index (χ0) is 14.7. The molecule has 0 aromatic carbocycles. The van der Waals surface area contributed by atoms with E-state index in [4.69, 9.17) is 0 Å². The second-order valence-electron chi connectivity index (χ2n) is 7.03. The number of carbonyl (C=O) groups excluding carboxylic acids is 1. The predicted octanol–water partition coefficient (Wildman–Crippen LogP) is 3.52. The molecule has 0 aliphatic rings. The maximum Gasteiger partial charge on any atom is 0.230 e. The molecule has 1 amide bonds. The van der Waals surface area contributed by atoms with Crippen LogP contribution in [0.2, 0.25) is 0 Å². The minimum absolute atomic E-state index is 0.0343. The summed E-state index contributed by atoms with van der Waals surface area (Å²) in [6, 6.07) is 5.58. The number of aromatic nitrogens is 1. The Bertz CT molecular complexity index is 441. The number of pyridine rings is 1. The Hall–Kier alpha value is -1.58. The first-order valence-electron chi connectivity index (χ1n) is 6.60. The van der Waals surface area contributed by atoms with Crippen LogP contribution < -0.4 is 10.6 Å². The van der Waals surface area contributed by atoms with E-state index < -0.39 is 5.41 Å². The van der Waals surface area contributed by atoms with Crippen LogP contribution in [-0.2, 0) is 4.79 Å². The van der Waals surface area contributed by atoms with Crippen molar-refractivity contribution in [1.82, 2.24) is 4.98 Å². The Morgan fingerprint density at radius 2 is 1.68 bits per heavy atom. The molecule has 106 valence electrons. The van der Waals surface area contributed by atoms with Gasteiger partial charge in [-0.25, -0.2) is 4.98 Å². The SMILES string of the molecule is CC(C)(C)CNc1cccc(NC(=O)C(C)(C)C)n1. The summed E-state index contributed by atoms with van der Waals surface area (Å²) < 4.78 is 0. The number of rotatable bonds is 3. The lowest BCUT2D eigenvalue weighted by molar-refractivity contribution is -0.123. The average molecular weight is 263 g/mol. The zero-order valence-electron chi connectivity index (χ0n) is 12.8. The fourth-order valence-electron chi connectivity index (χ4n) is 1.26. The van der Waals surface area contributed by atoms with E-state index in [0.717, 1.165) is 12.4 Å². The molecule has 0 radical (unpaired) electrons. The van der Waals surface area contributed by atoms with Crippen molar-refractivity contribution >= 4 is 17.5 Å². The highest BCUT2D eigenvalue weighted by Crippen LogP contribution is 2.18. The highest BCUT2D eigenvalue weighted by molar-refractivity contribution is 5.93. The lowest BCUT2D eigenvalue weighted by Crippen LogP contribution is -2.28. The number of carbonyl (C=O) groups is 1. The van der Waals surface area contributed by atoms with Crippen molar-refractivity contribution in [1.29, 1.82) is 0 Å². The minimum Gasteiger partial charge on any atom is -0.369 e. The molecule has 0 bridgehead atoms. The van der Waals surface area contributed by atoms with Gasteiger partial charge in [0.05, 0.1) is 0 Å². The van der Waals surface area contributed by atoms with Crippen molar-refractivity contribution in [2.45, 2.75) is 41.5 Å². The van der Waals surface area contributed by atoms with Crippen LogP contribution in [-0.4, -0.2) is 17.4 Å². The molecule has 4 nitrogen and oxygen atoms in total. The van der Waals surface area contributed by atoms with Crippen LogP contribution >= 0.6 is 0 Å². The van der Waals surface area contributed by atoms with Crippen LogP contribution in [0.25, 0.3) is 0 Å². The second kappa shape index (κ2) is 5.59. The standard InChI is InChI=1S/C15H25N3O/c1-14(2,3)10-16-11-8-7-9-12(17-11)18-13(19)15(4,5)6/h7-9H,10H2,1-6H3,(H2,16,17,18,19). The fraction of sp³-hybridized carbons (Fsp3) is 0.600. The molecule has 0 saturated carbocycles. The van der Waals surface area contributed by atoms with Gasteiger partial charge in [0.15, 0.2) is 0 Å². The summed E-state index contributed by atoms with van der Waals surface area (Å²) in [5, 5.41) is 6.10. The van der Waals surface area contributed by atoms with Gasteiger partial charge >= 0.3 is 0 Å². The van der Waals surface area contributed by atoms with Gasteiger partial charge in [0, 0.05) is 12.0 Å². The molecule has 1 aromatic heterocycles. The van der Waals surface area contributed by atoms with Crippen LogP contribution in [0, 0.1) is 10.8 Å². The molecule has 0 atom stereocenters. The highest BCUT2D eigenvalue weighted by Gasteiger charge is 2.21. The van der Waals surface area contributed by atoms with Gasteiger partial charge in [-0.15, -0.1) is 0 Å². The van der Waals surface area contributed by atoms with E-state index in [-0.39, 0.29) is 11.3 Å². The van der Waals surface area contributed by atoms with Gasteiger partial charge in [-0.05, 0) is 17.5 Å². The molecule has 0 aliphatic carbocycles. The third kappa shape index (κ3) is 5.73. The third-order valence-corrected chi connectivity index (χ3v) is 2.47. The minimum atomic E-state index is -0.420. The maximum atomic E-state index is 11.9. The van der Waals surface area contributed by atoms with Crippen molar-refractivity contribution < 1.29 is 4.79 Å². The van der Waals surface area contributed by atoms with Gasteiger partial charge < -0.3 is 10.6 Å². The molecule has 0 spiro atoms. The Morgan fingerprint density at radius 1 is 1.11 bits per heavy atom. The van der Waals surface area contributed by atoms with E-state index in [0.29, 0.717) is 5.82 Å². The molecular weight excluding hydrogens is 238 g/mol. The van der Waals surface area contributed by atoms with Gasteiger partial charge in [0.2, 0.25) is 5.91 Å². The lowest BCUT2D eigenvalue weighted by atomic mass is 9.96. The van der Waals surface area contributed by atoms with Gasteiger partial charge in [-0.2, -0.15) is 0 Å². The lowest BCUT2D eigenvalue weighted by Gasteiger charge is -2.20. The Morgan fingerprint density at radius 3 is 2.21 bits per heavy atom. The average Bonchev–Trinajstić information content (AvgIpc) is 2.25. The Kier molecular flexibility index (Phi) is 4.56. The topological polar surface area (TPSA) is 54.0 Å². The molecule has 0 aliphatic heterocycles. The summed E-state index contributed by atoms with van der Waals surface area (Å²) in [6.45, 7) is 12.9. The van der Waals surface area contributed by atoms with E-state index in [9.17, 15) is 4.79 Å². The van der Waals surface area contributed by atoms with Crippen molar-refractivity contribution in [3.8, 4) is 0 Å². The molecule has 1 aromatic rings. The molecule has 1 heterocycles. The van der Waals surface area contributed by atoms with E-state index in [1.807, 2.05) is 32.9 Å². The Balaban J connectivity index is 2.70. The summed E-state index contributed by atoms with van der Waals surface area (Å²) in [5.41, 5.74) is -0.233. The zero-order valence-corrected chi connectivity index (χ0v) is 12.8. The third-order valence-electron chi connectivity index (χ3n) is 2.47. The quantitative estimate of drug-likeness (QED) is 0.877. The van der Waals surface area contributed by atoms with Crippen molar-refractivity contribution in [3.05, 3.63) is 18.2 Å². The van der Waals surface area contributed by atoms with Crippen LogP contribution in [0.15, 0.2) is 18.2 Å². The number of hydrogen-bond donors (Lipinski definition) is 2. The molecule has 0 saturated heterocycles. The largest absolute Gasteiger partial charge is 0.369 e. The summed E-state index contributed by atoms with van der Waals surface area (Å²) in [4.78, 5) is 16.3. The number of nitrogens with zero attached hydrogens (tertiary/aromatic N) is 1. The first-order chi connectivity index (χ1) is 8.58. The number of nitrogens with one attached hydrogen (secondary N) is 2. The van der Waals surface area contributed by atoms with E-state index in [1.54, 1.807) is 6.07 Å². The number of hydrogen-bond acceptors (Lipinski definition) is 3. The molecule has 19 heavy (non-hydrogen) atoms. The molecule has 4 heteroatoms. The number of amides is 1. The van der Waals surface area contributed by atoms with Gasteiger partial charge in [-0.3, -0.25) is 4.79 Å². The van der Waals surface area contributed by atoms with Crippen molar-refractivity contribution in [3.63, 3.8) is 0 Å². The number of anilines is 2. The summed E-state index contributed by atoms with van der Waals surface area (Å²) in [6.07, 6.45) is 0. The van der Waals surface area contributed by atoms with Gasteiger partial charge in [0.1, 0.15) is 11.6 Å². The summed E-state index contributed by atoms with van der Waals surface area (Å²) in [5.74, 6) is 1.33. The van der Waals surface area contributed by atoms with Crippen LogP contribution in [0.1, 0.15) is 41.5 Å². The highest BCUT2D eigenvalue weighted by atomic mass is 16.2. The monoisotopic (exact) mass is 263 g/mol. The van der Waals surface area contributed by atoms with Crippen LogP contribution in [0.3, 0.4) is 0 Å². The Labute approximate surface area is 116 Å². The predicted molar refractivity (Wildman–Crippen MR) is 80.3 cm³/mol. The molecule has 0 unspecified atom stereocenters. The van der Waals surface area contributed by atoms with Crippen LogP contribution in [0.4, 0.5) is 11.6 Å². The summed E-state index contributed by atoms with van der Waals surface area (Å²) >= 11 is 0. The smallest absolute Gasteiger partial charge is 0.230 e. The van der Waals surface area contributed by atoms with Gasteiger partial charge in [-0.1, -0.05) is 47.6 Å². The fourth-order valence-corrected chi connectivity index (χ4v) is 1.26.